The van der Waals surface area contributed by atoms with Crippen LogP contribution in [0.5, 0.6) is 0 Å². The summed E-state index contributed by atoms with van der Waals surface area (Å²) in [6.45, 7) is 0.793. The Morgan fingerprint density at radius 3 is 2.81 bits per heavy atom. The molecular formula is C16H18N4O5S. The molecule has 2 aromatic heterocycles. The maximum Gasteiger partial charge on any atom is 0.350 e. The number of furan rings is 1. The van der Waals surface area contributed by atoms with Crippen molar-refractivity contribution in [3.8, 4) is 10.4 Å². The van der Waals surface area contributed by atoms with Gasteiger partial charge in [0.25, 0.3) is 0 Å². The lowest BCUT2D eigenvalue weighted by atomic mass is 10.1. The number of anilines is 1. The quantitative estimate of drug-likeness (QED) is 0.699. The Kier molecular flexibility index (Phi) is 5.12. The minimum atomic E-state index is -0.784. The van der Waals surface area contributed by atoms with E-state index in [2.05, 4.69) is 5.32 Å². The highest BCUT2D eigenvalue weighted by molar-refractivity contribution is 7.18. The molecule has 5 N–H and O–H groups in total. The molecule has 9 nitrogen and oxygen atoms in total. The first-order chi connectivity index (χ1) is 12.4. The molecule has 4 amide bonds. The molecule has 0 aliphatic carbocycles. The summed E-state index contributed by atoms with van der Waals surface area (Å²) in [6, 6.07) is 2.04. The van der Waals surface area contributed by atoms with E-state index in [0.29, 0.717) is 19.4 Å². The smallest absolute Gasteiger partial charge is 0.350 e. The van der Waals surface area contributed by atoms with E-state index in [0.717, 1.165) is 21.8 Å². The van der Waals surface area contributed by atoms with Crippen molar-refractivity contribution in [3.05, 3.63) is 29.5 Å². The van der Waals surface area contributed by atoms with Gasteiger partial charge in [0.05, 0.1) is 24.8 Å². The van der Waals surface area contributed by atoms with Gasteiger partial charge in [0, 0.05) is 17.0 Å². The summed E-state index contributed by atoms with van der Waals surface area (Å²) in [4.78, 5) is 37.5. The number of nitrogens with one attached hydrogen (secondary N) is 1. The Morgan fingerprint density at radius 2 is 2.15 bits per heavy atom. The number of rotatable bonds is 4. The van der Waals surface area contributed by atoms with Crippen LogP contribution in [0.4, 0.5) is 15.3 Å². The van der Waals surface area contributed by atoms with Crippen LogP contribution >= 0.6 is 11.3 Å². The highest BCUT2D eigenvalue weighted by atomic mass is 32.1. The zero-order valence-corrected chi connectivity index (χ0v) is 14.6. The van der Waals surface area contributed by atoms with Gasteiger partial charge >= 0.3 is 18.0 Å². The molecule has 3 heterocycles. The molecule has 0 bridgehead atoms. The van der Waals surface area contributed by atoms with Crippen molar-refractivity contribution in [1.29, 1.82) is 0 Å². The molecule has 0 aromatic carbocycles. The molecule has 138 valence electrons. The average molecular weight is 378 g/mol. The van der Waals surface area contributed by atoms with E-state index in [1.165, 1.54) is 17.4 Å². The largest absolute Gasteiger partial charge is 0.472 e. The lowest BCUT2D eigenvalue weighted by Gasteiger charge is -2.31. The predicted molar refractivity (Wildman–Crippen MR) is 94.8 cm³/mol. The SMILES string of the molecule is NC(=O)Nc1cc(-c2ccoc2)sc1C(=O)OC1CCCN(C(N)=O)C1. The van der Waals surface area contributed by atoms with E-state index in [1.807, 2.05) is 0 Å². The van der Waals surface area contributed by atoms with Gasteiger partial charge in [-0.1, -0.05) is 0 Å². The minimum Gasteiger partial charge on any atom is -0.472 e. The van der Waals surface area contributed by atoms with Gasteiger partial charge in [-0.25, -0.2) is 14.4 Å². The van der Waals surface area contributed by atoms with Gasteiger partial charge in [0.15, 0.2) is 0 Å². The van der Waals surface area contributed by atoms with E-state index in [1.54, 1.807) is 12.1 Å². The fourth-order valence-electron chi connectivity index (χ4n) is 2.75. The van der Waals surface area contributed by atoms with E-state index >= 15 is 0 Å². The molecule has 2 aromatic rings. The molecule has 0 radical (unpaired) electrons. The first kappa shape index (κ1) is 17.8. The van der Waals surface area contributed by atoms with Crippen LogP contribution in [0.15, 0.2) is 29.1 Å². The molecule has 1 fully saturated rings. The fraction of sp³-hybridized carbons (Fsp3) is 0.312. The van der Waals surface area contributed by atoms with E-state index in [-0.39, 0.29) is 17.1 Å². The number of likely N-dealkylation sites (tertiary alicyclic amines) is 1. The van der Waals surface area contributed by atoms with E-state index < -0.39 is 24.1 Å². The number of nitrogens with zero attached hydrogens (tertiary/aromatic N) is 1. The Balaban J connectivity index is 1.79. The van der Waals surface area contributed by atoms with Gasteiger partial charge in [-0.05, 0) is 25.0 Å². The topological polar surface area (TPSA) is 141 Å². The maximum atomic E-state index is 12.6. The van der Waals surface area contributed by atoms with Crippen molar-refractivity contribution in [2.45, 2.75) is 18.9 Å². The standard InChI is InChI=1S/C16H18N4O5S/c17-15(22)19-11-6-12(9-3-5-24-8-9)26-13(11)14(21)25-10-2-1-4-20(7-10)16(18)23/h3,5-6,8,10H,1-2,4,7H2,(H2,18,23)(H3,17,19,22). The second kappa shape index (κ2) is 7.48. The van der Waals surface area contributed by atoms with Gasteiger partial charge in [-0.15, -0.1) is 11.3 Å². The van der Waals surface area contributed by atoms with Gasteiger partial charge in [0.2, 0.25) is 0 Å². The summed E-state index contributed by atoms with van der Waals surface area (Å²) in [7, 11) is 0. The molecule has 26 heavy (non-hydrogen) atoms. The molecule has 3 rings (SSSR count). The summed E-state index contributed by atoms with van der Waals surface area (Å²) in [5.41, 5.74) is 11.5. The number of urea groups is 2. The third-order valence-electron chi connectivity index (χ3n) is 3.94. The minimum absolute atomic E-state index is 0.219. The number of hydrogen-bond donors (Lipinski definition) is 3. The Bertz CT molecular complexity index is 817. The van der Waals surface area contributed by atoms with Crippen molar-refractivity contribution >= 4 is 35.1 Å². The monoisotopic (exact) mass is 378 g/mol. The number of amides is 4. The van der Waals surface area contributed by atoms with Crippen molar-refractivity contribution in [2.24, 2.45) is 11.5 Å². The normalized spacial score (nSPS) is 16.9. The number of primary amides is 2. The lowest BCUT2D eigenvalue weighted by molar-refractivity contribution is 0.0134. The van der Waals surface area contributed by atoms with Crippen LogP contribution in [-0.2, 0) is 4.74 Å². The van der Waals surface area contributed by atoms with Crippen LogP contribution in [0.1, 0.15) is 22.5 Å². The second-order valence-corrected chi connectivity index (χ2v) is 6.86. The van der Waals surface area contributed by atoms with Crippen molar-refractivity contribution < 1.29 is 23.5 Å². The number of piperidine rings is 1. The lowest BCUT2D eigenvalue weighted by Crippen LogP contribution is -2.46. The molecular weight excluding hydrogens is 360 g/mol. The molecule has 0 spiro atoms. The fourth-order valence-corrected chi connectivity index (χ4v) is 3.74. The van der Waals surface area contributed by atoms with Crippen LogP contribution < -0.4 is 16.8 Å². The third-order valence-corrected chi connectivity index (χ3v) is 5.11. The van der Waals surface area contributed by atoms with E-state index in [4.69, 9.17) is 20.6 Å². The van der Waals surface area contributed by atoms with Crippen molar-refractivity contribution in [2.75, 3.05) is 18.4 Å². The first-order valence-electron chi connectivity index (χ1n) is 7.92. The Labute approximate surface area is 152 Å². The van der Waals surface area contributed by atoms with Gasteiger partial charge in [-0.3, -0.25) is 0 Å². The van der Waals surface area contributed by atoms with Gasteiger partial charge in [-0.2, -0.15) is 0 Å². The number of ether oxygens (including phenoxy) is 1. The number of hydrogen-bond acceptors (Lipinski definition) is 6. The van der Waals surface area contributed by atoms with E-state index in [9.17, 15) is 14.4 Å². The number of carbonyl (C=O) groups is 3. The van der Waals surface area contributed by atoms with Gasteiger partial charge < -0.3 is 30.8 Å². The van der Waals surface area contributed by atoms with Crippen LogP contribution in [0.3, 0.4) is 0 Å². The predicted octanol–water partition coefficient (Wildman–Crippen LogP) is 2.20. The Morgan fingerprint density at radius 1 is 1.35 bits per heavy atom. The van der Waals surface area contributed by atoms with Crippen molar-refractivity contribution in [1.82, 2.24) is 4.90 Å². The number of thiophene rings is 1. The molecule has 1 atom stereocenters. The highest BCUT2D eigenvalue weighted by Crippen LogP contribution is 2.36. The molecule has 1 unspecified atom stereocenters. The number of nitrogens with two attached hydrogens (primary N) is 2. The highest BCUT2D eigenvalue weighted by Gasteiger charge is 2.27. The zero-order chi connectivity index (χ0) is 18.7. The van der Waals surface area contributed by atoms with Crippen molar-refractivity contribution in [3.63, 3.8) is 0 Å². The maximum absolute atomic E-state index is 12.6. The second-order valence-electron chi connectivity index (χ2n) is 5.81. The molecule has 1 aliphatic heterocycles. The summed E-state index contributed by atoms with van der Waals surface area (Å²) in [6.07, 6.45) is 3.91. The summed E-state index contributed by atoms with van der Waals surface area (Å²) in [5.74, 6) is -0.593. The Hall–Kier alpha value is -3.01. The zero-order valence-electron chi connectivity index (χ0n) is 13.8. The van der Waals surface area contributed by atoms with Crippen LogP contribution in [0, 0.1) is 0 Å². The summed E-state index contributed by atoms with van der Waals surface area (Å²) in [5, 5.41) is 2.43. The molecule has 0 saturated carbocycles. The van der Waals surface area contributed by atoms with Crippen LogP contribution in [0.25, 0.3) is 10.4 Å². The molecule has 1 saturated heterocycles. The number of esters is 1. The molecule has 10 heteroatoms. The van der Waals surface area contributed by atoms with Crippen LogP contribution in [0.2, 0.25) is 0 Å². The third kappa shape index (κ3) is 3.97. The average Bonchev–Trinajstić information content (AvgIpc) is 3.24. The number of carbonyl (C=O) groups excluding carboxylic acids is 3. The first-order valence-corrected chi connectivity index (χ1v) is 8.74. The van der Waals surface area contributed by atoms with Gasteiger partial charge in [0.1, 0.15) is 11.0 Å². The summed E-state index contributed by atoms with van der Waals surface area (Å²) >= 11 is 1.15. The molecule has 1 aliphatic rings. The summed E-state index contributed by atoms with van der Waals surface area (Å²) < 4.78 is 10.6. The van der Waals surface area contributed by atoms with Crippen LogP contribution in [-0.4, -0.2) is 42.1 Å².